The molecule has 0 saturated heterocycles. The van der Waals surface area contributed by atoms with Gasteiger partial charge in [-0.15, -0.1) is 0 Å². The van der Waals surface area contributed by atoms with Crippen molar-refractivity contribution in [2.75, 3.05) is 0 Å². The third kappa shape index (κ3) is 6.20. The second kappa shape index (κ2) is 12.0. The second-order valence-corrected chi connectivity index (χ2v) is 7.31. The summed E-state index contributed by atoms with van der Waals surface area (Å²) >= 11 is 0. The summed E-state index contributed by atoms with van der Waals surface area (Å²) in [6.45, 7) is 2.14. The number of benzene rings is 3. The fourth-order valence-corrected chi connectivity index (χ4v) is 3.49. The average Bonchev–Trinajstić information content (AvgIpc) is 2.86. The maximum Gasteiger partial charge on any atom is 0 e. The van der Waals surface area contributed by atoms with Crippen molar-refractivity contribution in [2.24, 2.45) is 0 Å². The zero-order valence-corrected chi connectivity index (χ0v) is 20.2. The average molecular weight is 593 g/mol. The van der Waals surface area contributed by atoms with Gasteiger partial charge in [0.15, 0.2) is 0 Å². The molecule has 0 aliphatic carbocycles. The van der Waals surface area contributed by atoms with Crippen LogP contribution in [-0.2, 0) is 20.1 Å². The van der Waals surface area contributed by atoms with Gasteiger partial charge >= 0.3 is 0 Å². The van der Waals surface area contributed by atoms with Crippen LogP contribution in [0.25, 0.3) is 16.2 Å². The zero-order chi connectivity index (χ0) is 21.3. The van der Waals surface area contributed by atoms with E-state index in [1.807, 2.05) is 73.1 Å². The van der Waals surface area contributed by atoms with Crippen molar-refractivity contribution in [1.82, 2.24) is 0 Å². The normalized spacial score (nSPS) is 18.5. The van der Waals surface area contributed by atoms with Gasteiger partial charge in [-0.25, -0.2) is 0 Å². The molecule has 3 heteroatoms. The Morgan fingerprint density at radius 3 is 1.94 bits per heavy atom. The van der Waals surface area contributed by atoms with Crippen molar-refractivity contribution in [3.8, 4) is 0 Å². The van der Waals surface area contributed by atoms with E-state index in [4.69, 9.17) is 0 Å². The SMILES string of the molecule is CC1=CC(c2[c-]cccc2)[N-]C=C1c1ccccc1.[Ir].[c-]1ccccc1C1C=CC=C[N-]1. The van der Waals surface area contributed by atoms with Crippen LogP contribution in [0.15, 0.2) is 121 Å². The molecule has 163 valence electrons. The quantitative estimate of drug-likeness (QED) is 0.277. The Balaban J connectivity index is 0.000000193. The first-order valence-corrected chi connectivity index (χ1v) is 10.4. The van der Waals surface area contributed by atoms with Crippen molar-refractivity contribution in [3.05, 3.63) is 161 Å². The maximum absolute atomic E-state index is 4.64. The number of hydrogen-bond acceptors (Lipinski definition) is 0. The molecule has 2 aliphatic heterocycles. The molecule has 5 rings (SSSR count). The summed E-state index contributed by atoms with van der Waals surface area (Å²) < 4.78 is 0. The van der Waals surface area contributed by atoms with E-state index < -0.39 is 0 Å². The summed E-state index contributed by atoms with van der Waals surface area (Å²) in [7, 11) is 0. The summed E-state index contributed by atoms with van der Waals surface area (Å²) in [6, 6.07) is 33.0. The van der Waals surface area contributed by atoms with E-state index in [9.17, 15) is 0 Å². The molecule has 0 saturated carbocycles. The van der Waals surface area contributed by atoms with E-state index >= 15 is 0 Å². The van der Waals surface area contributed by atoms with Crippen LogP contribution < -0.4 is 0 Å². The van der Waals surface area contributed by atoms with Gasteiger partial charge in [-0.3, -0.25) is 0 Å². The molecule has 0 bridgehead atoms. The molecule has 2 atom stereocenters. The van der Waals surface area contributed by atoms with Gasteiger partial charge in [-0.1, -0.05) is 72.3 Å². The Morgan fingerprint density at radius 2 is 1.38 bits per heavy atom. The molecular formula is C29H24IrN2-4. The smallest absolute Gasteiger partial charge is 0 e. The molecule has 0 spiro atoms. The minimum absolute atomic E-state index is 0. The van der Waals surface area contributed by atoms with E-state index in [1.165, 1.54) is 16.7 Å². The Morgan fingerprint density at radius 1 is 0.719 bits per heavy atom. The predicted octanol–water partition coefficient (Wildman–Crippen LogP) is 7.89. The standard InChI is InChI=1S/C18H15N.C11H9N.Ir/c1-14-12-18(16-10-6-3-7-11-16)19-13-17(14)15-8-4-2-5-9-15;1-2-6-10(7-3-1)11-8-4-5-9-12-11;/h2-10,12-13,18H,1H3;1-6,8-9,11H;/q2*-2;. The minimum atomic E-state index is 0. The molecule has 0 fully saturated rings. The Labute approximate surface area is 204 Å². The van der Waals surface area contributed by atoms with E-state index in [0.717, 1.165) is 11.1 Å². The molecule has 32 heavy (non-hydrogen) atoms. The van der Waals surface area contributed by atoms with Gasteiger partial charge in [0.25, 0.3) is 0 Å². The molecule has 1 radical (unpaired) electrons. The van der Waals surface area contributed by atoms with Crippen LogP contribution in [-0.4, -0.2) is 0 Å². The zero-order valence-electron chi connectivity index (χ0n) is 17.9. The van der Waals surface area contributed by atoms with Gasteiger partial charge < -0.3 is 10.6 Å². The fourth-order valence-electron chi connectivity index (χ4n) is 3.49. The minimum Gasteiger partial charge on any atom is -0.683 e. The van der Waals surface area contributed by atoms with E-state index in [1.54, 1.807) is 0 Å². The van der Waals surface area contributed by atoms with Crippen molar-refractivity contribution in [1.29, 1.82) is 0 Å². The Bertz CT molecular complexity index is 1080. The van der Waals surface area contributed by atoms with Gasteiger partial charge in [0.05, 0.1) is 0 Å². The van der Waals surface area contributed by atoms with Crippen molar-refractivity contribution < 1.29 is 20.1 Å². The largest absolute Gasteiger partial charge is 0.683 e. The summed E-state index contributed by atoms with van der Waals surface area (Å²) in [5, 5.41) is 8.94. The molecule has 2 nitrogen and oxygen atoms in total. The van der Waals surface area contributed by atoms with Crippen LogP contribution in [0.1, 0.15) is 35.7 Å². The van der Waals surface area contributed by atoms with Crippen LogP contribution in [0.3, 0.4) is 0 Å². The van der Waals surface area contributed by atoms with E-state index in [0.29, 0.717) is 0 Å². The van der Waals surface area contributed by atoms with Crippen LogP contribution in [0.2, 0.25) is 0 Å². The number of hydrogen-bond donors (Lipinski definition) is 0. The van der Waals surface area contributed by atoms with Crippen LogP contribution in [0.5, 0.6) is 0 Å². The Kier molecular flexibility index (Phi) is 8.86. The third-order valence-corrected chi connectivity index (χ3v) is 5.12. The van der Waals surface area contributed by atoms with Crippen molar-refractivity contribution >= 4 is 5.57 Å². The molecule has 0 aromatic heterocycles. The summed E-state index contributed by atoms with van der Waals surface area (Å²) in [6.07, 6.45) is 12.0. The summed E-state index contributed by atoms with van der Waals surface area (Å²) in [4.78, 5) is 0. The number of allylic oxidation sites excluding steroid dienone is 4. The van der Waals surface area contributed by atoms with Gasteiger partial charge in [-0.05, 0) is 18.1 Å². The van der Waals surface area contributed by atoms with E-state index in [2.05, 4.69) is 72.2 Å². The Hall–Kier alpha value is -3.13. The van der Waals surface area contributed by atoms with Crippen LogP contribution >= 0.6 is 0 Å². The monoisotopic (exact) mass is 593 g/mol. The summed E-state index contributed by atoms with van der Waals surface area (Å²) in [5.41, 5.74) is 5.93. The molecule has 2 unspecified atom stereocenters. The predicted molar refractivity (Wildman–Crippen MR) is 129 cm³/mol. The number of rotatable bonds is 3. The summed E-state index contributed by atoms with van der Waals surface area (Å²) in [5.74, 6) is 0. The van der Waals surface area contributed by atoms with E-state index in [-0.39, 0.29) is 32.2 Å². The molecule has 0 N–H and O–H groups in total. The molecule has 2 aliphatic rings. The molecule has 3 aromatic carbocycles. The molecule has 3 aromatic rings. The maximum atomic E-state index is 4.64. The first-order chi connectivity index (χ1) is 15.3. The van der Waals surface area contributed by atoms with Crippen LogP contribution in [0, 0.1) is 12.1 Å². The molecule has 2 heterocycles. The molecular weight excluding hydrogens is 569 g/mol. The van der Waals surface area contributed by atoms with Crippen LogP contribution in [0.4, 0.5) is 0 Å². The fraction of sp³-hybridized carbons (Fsp3) is 0.103. The first kappa shape index (κ1) is 23.5. The number of nitrogens with zero attached hydrogens (tertiary/aromatic N) is 2. The van der Waals surface area contributed by atoms with Crippen molar-refractivity contribution in [3.63, 3.8) is 0 Å². The van der Waals surface area contributed by atoms with Gasteiger partial charge in [-0.2, -0.15) is 84.2 Å². The first-order valence-electron chi connectivity index (χ1n) is 10.4. The van der Waals surface area contributed by atoms with Gasteiger partial charge in [0.1, 0.15) is 0 Å². The van der Waals surface area contributed by atoms with Crippen molar-refractivity contribution in [2.45, 2.75) is 19.0 Å². The topological polar surface area (TPSA) is 28.2 Å². The molecule has 0 amide bonds. The second-order valence-electron chi connectivity index (χ2n) is 7.31. The van der Waals surface area contributed by atoms with Gasteiger partial charge in [0, 0.05) is 20.1 Å². The van der Waals surface area contributed by atoms with Gasteiger partial charge in [0.2, 0.25) is 0 Å². The third-order valence-electron chi connectivity index (χ3n) is 5.12.